The highest BCUT2D eigenvalue weighted by Gasteiger charge is 2.15. The van der Waals surface area contributed by atoms with Crippen molar-refractivity contribution in [2.75, 3.05) is 39.5 Å². The lowest BCUT2D eigenvalue weighted by Crippen LogP contribution is -2.42. The molecular weight excluding hydrogens is 230 g/mol. The molecule has 1 heterocycles. The van der Waals surface area contributed by atoms with Gasteiger partial charge in [0.2, 0.25) is 0 Å². The van der Waals surface area contributed by atoms with Crippen LogP contribution in [0.2, 0.25) is 0 Å². The van der Waals surface area contributed by atoms with Crippen molar-refractivity contribution in [1.29, 1.82) is 0 Å². The van der Waals surface area contributed by atoms with Gasteiger partial charge in [-0.05, 0) is 18.6 Å². The van der Waals surface area contributed by atoms with E-state index in [1.165, 1.54) is 0 Å². The van der Waals surface area contributed by atoms with Crippen LogP contribution in [0.25, 0.3) is 0 Å². The Balaban J connectivity index is 1.74. The Morgan fingerprint density at radius 3 is 2.78 bits per heavy atom. The Kier molecular flexibility index (Phi) is 4.99. The summed E-state index contributed by atoms with van der Waals surface area (Å²) in [6, 6.07) is 7.85. The van der Waals surface area contributed by atoms with Gasteiger partial charge in [0.1, 0.15) is 18.5 Å². The number of aliphatic hydroxyl groups is 1. The quantitative estimate of drug-likeness (QED) is 0.850. The molecule has 2 rings (SSSR count). The van der Waals surface area contributed by atoms with Gasteiger partial charge in [0.15, 0.2) is 0 Å². The molecule has 0 bridgehead atoms. The van der Waals surface area contributed by atoms with Gasteiger partial charge in [0.25, 0.3) is 0 Å². The summed E-state index contributed by atoms with van der Waals surface area (Å²) in [5.41, 5.74) is 1.09. The molecule has 0 spiro atoms. The summed E-state index contributed by atoms with van der Waals surface area (Å²) in [6.07, 6.45) is -0.456. The fraction of sp³-hybridized carbons (Fsp3) is 0.571. The number of nitrogens with zero attached hydrogens (tertiary/aromatic N) is 1. The van der Waals surface area contributed by atoms with Crippen LogP contribution in [-0.2, 0) is 4.74 Å². The molecule has 1 fully saturated rings. The standard InChI is InChI=1S/C14H21NO3/c1-12-4-2-3-5-14(12)18-11-13(16)10-15-6-8-17-9-7-15/h2-5,13,16H,6-11H2,1H3/t13-/m0/s1. The van der Waals surface area contributed by atoms with Crippen molar-refractivity contribution >= 4 is 0 Å². The van der Waals surface area contributed by atoms with Gasteiger partial charge in [-0.3, -0.25) is 4.90 Å². The average molecular weight is 251 g/mol. The van der Waals surface area contributed by atoms with Crippen LogP contribution in [0.1, 0.15) is 5.56 Å². The Morgan fingerprint density at radius 2 is 2.06 bits per heavy atom. The Labute approximate surface area is 108 Å². The number of aryl methyl sites for hydroxylation is 1. The zero-order chi connectivity index (χ0) is 12.8. The van der Waals surface area contributed by atoms with Crippen molar-refractivity contribution in [3.05, 3.63) is 29.8 Å². The maximum absolute atomic E-state index is 9.95. The van der Waals surface area contributed by atoms with E-state index in [9.17, 15) is 5.11 Å². The van der Waals surface area contributed by atoms with E-state index in [0.717, 1.165) is 37.6 Å². The maximum Gasteiger partial charge on any atom is 0.122 e. The summed E-state index contributed by atoms with van der Waals surface area (Å²) >= 11 is 0. The van der Waals surface area contributed by atoms with Gasteiger partial charge in [-0.25, -0.2) is 0 Å². The summed E-state index contributed by atoms with van der Waals surface area (Å²) in [5.74, 6) is 0.846. The van der Waals surface area contributed by atoms with E-state index < -0.39 is 6.10 Å². The summed E-state index contributed by atoms with van der Waals surface area (Å²) in [7, 11) is 0. The molecule has 1 saturated heterocycles. The first-order valence-corrected chi connectivity index (χ1v) is 6.42. The topological polar surface area (TPSA) is 41.9 Å². The predicted octanol–water partition coefficient (Wildman–Crippen LogP) is 1.07. The monoisotopic (exact) mass is 251 g/mol. The Hall–Kier alpha value is -1.10. The van der Waals surface area contributed by atoms with Crippen LogP contribution >= 0.6 is 0 Å². The number of β-amino-alcohol motifs (C(OH)–C–C–N with tert-alkyl or cyclic N) is 1. The Morgan fingerprint density at radius 1 is 1.33 bits per heavy atom. The third-order valence-corrected chi connectivity index (χ3v) is 3.10. The minimum absolute atomic E-state index is 0.336. The number of morpholine rings is 1. The molecule has 1 N–H and O–H groups in total. The van der Waals surface area contributed by atoms with E-state index in [0.29, 0.717) is 13.2 Å². The third kappa shape index (κ3) is 3.98. The van der Waals surface area contributed by atoms with Crippen LogP contribution in [0.5, 0.6) is 5.75 Å². The smallest absolute Gasteiger partial charge is 0.122 e. The molecule has 4 nitrogen and oxygen atoms in total. The first-order valence-electron chi connectivity index (χ1n) is 6.42. The molecule has 1 aromatic rings. The van der Waals surface area contributed by atoms with Gasteiger partial charge in [-0.2, -0.15) is 0 Å². The van der Waals surface area contributed by atoms with Crippen molar-refractivity contribution in [2.24, 2.45) is 0 Å². The molecule has 0 unspecified atom stereocenters. The van der Waals surface area contributed by atoms with Gasteiger partial charge in [0.05, 0.1) is 13.2 Å². The lowest BCUT2D eigenvalue weighted by atomic mass is 10.2. The van der Waals surface area contributed by atoms with Crippen molar-refractivity contribution in [2.45, 2.75) is 13.0 Å². The van der Waals surface area contributed by atoms with Gasteiger partial charge < -0.3 is 14.6 Å². The highest BCUT2D eigenvalue weighted by molar-refractivity contribution is 5.31. The lowest BCUT2D eigenvalue weighted by molar-refractivity contribution is 0.00460. The van der Waals surface area contributed by atoms with E-state index >= 15 is 0 Å². The van der Waals surface area contributed by atoms with E-state index in [-0.39, 0.29) is 0 Å². The second kappa shape index (κ2) is 6.73. The summed E-state index contributed by atoms with van der Waals surface area (Å²) in [5, 5.41) is 9.95. The lowest BCUT2D eigenvalue weighted by Gasteiger charge is -2.28. The number of ether oxygens (including phenoxy) is 2. The van der Waals surface area contributed by atoms with E-state index in [1.807, 2.05) is 31.2 Å². The second-order valence-electron chi connectivity index (χ2n) is 4.64. The van der Waals surface area contributed by atoms with Gasteiger partial charge in [-0.15, -0.1) is 0 Å². The third-order valence-electron chi connectivity index (χ3n) is 3.10. The highest BCUT2D eigenvalue weighted by Crippen LogP contribution is 2.16. The molecule has 4 heteroatoms. The van der Waals surface area contributed by atoms with Gasteiger partial charge in [-0.1, -0.05) is 18.2 Å². The van der Waals surface area contributed by atoms with Crippen molar-refractivity contribution < 1.29 is 14.6 Å². The molecule has 0 amide bonds. The van der Waals surface area contributed by atoms with Crippen molar-refractivity contribution in [1.82, 2.24) is 4.90 Å². The first kappa shape index (κ1) is 13.3. The van der Waals surface area contributed by atoms with Crippen molar-refractivity contribution in [3.63, 3.8) is 0 Å². The SMILES string of the molecule is Cc1ccccc1OC[C@@H](O)CN1CCOCC1. The number of aliphatic hydroxyl groups excluding tert-OH is 1. The summed E-state index contributed by atoms with van der Waals surface area (Å²) in [4.78, 5) is 2.20. The van der Waals surface area contributed by atoms with E-state index in [2.05, 4.69) is 4.90 Å². The fourth-order valence-electron chi connectivity index (χ4n) is 2.04. The Bertz CT molecular complexity index is 364. The maximum atomic E-state index is 9.95. The minimum Gasteiger partial charge on any atom is -0.491 e. The molecule has 18 heavy (non-hydrogen) atoms. The van der Waals surface area contributed by atoms with Crippen LogP contribution in [-0.4, -0.2) is 55.6 Å². The first-order chi connectivity index (χ1) is 8.75. The van der Waals surface area contributed by atoms with Crippen LogP contribution < -0.4 is 4.74 Å². The normalized spacial score (nSPS) is 18.6. The molecule has 1 aliphatic heterocycles. The van der Waals surface area contributed by atoms with Crippen LogP contribution in [0.3, 0.4) is 0 Å². The number of para-hydroxylation sites is 1. The van der Waals surface area contributed by atoms with Gasteiger partial charge in [0, 0.05) is 19.6 Å². The molecule has 0 aliphatic carbocycles. The number of rotatable bonds is 5. The molecule has 1 aromatic carbocycles. The van der Waals surface area contributed by atoms with E-state index in [1.54, 1.807) is 0 Å². The molecular formula is C14H21NO3. The zero-order valence-corrected chi connectivity index (χ0v) is 10.8. The van der Waals surface area contributed by atoms with Gasteiger partial charge >= 0.3 is 0 Å². The van der Waals surface area contributed by atoms with Crippen molar-refractivity contribution in [3.8, 4) is 5.75 Å². The largest absolute Gasteiger partial charge is 0.491 e. The minimum atomic E-state index is -0.456. The van der Waals surface area contributed by atoms with E-state index in [4.69, 9.17) is 9.47 Å². The van der Waals surface area contributed by atoms with Crippen LogP contribution in [0.4, 0.5) is 0 Å². The fourth-order valence-corrected chi connectivity index (χ4v) is 2.04. The second-order valence-corrected chi connectivity index (χ2v) is 4.64. The molecule has 0 saturated carbocycles. The molecule has 100 valence electrons. The zero-order valence-electron chi connectivity index (χ0n) is 10.8. The molecule has 0 radical (unpaired) electrons. The molecule has 1 aliphatic rings. The summed E-state index contributed by atoms with van der Waals surface area (Å²) in [6.45, 7) is 6.28. The number of hydrogen-bond acceptors (Lipinski definition) is 4. The molecule has 0 aromatic heterocycles. The molecule has 1 atom stereocenters. The van der Waals surface area contributed by atoms with Crippen LogP contribution in [0.15, 0.2) is 24.3 Å². The van der Waals surface area contributed by atoms with Crippen LogP contribution in [0, 0.1) is 6.92 Å². The highest BCUT2D eigenvalue weighted by atomic mass is 16.5. The predicted molar refractivity (Wildman–Crippen MR) is 69.9 cm³/mol. The average Bonchev–Trinajstić information content (AvgIpc) is 2.39. The number of benzene rings is 1. The number of hydrogen-bond donors (Lipinski definition) is 1. The summed E-state index contributed by atoms with van der Waals surface area (Å²) < 4.78 is 10.9.